The van der Waals surface area contributed by atoms with Gasteiger partial charge >= 0.3 is 0 Å². The quantitative estimate of drug-likeness (QED) is 0.857. The van der Waals surface area contributed by atoms with Crippen molar-refractivity contribution in [1.82, 2.24) is 5.32 Å². The lowest BCUT2D eigenvalue weighted by atomic mass is 10.1. The van der Waals surface area contributed by atoms with Gasteiger partial charge in [-0.05, 0) is 57.0 Å². The number of nitrogens with one attached hydrogen (secondary N) is 1. The maximum atomic E-state index is 12.6. The van der Waals surface area contributed by atoms with Crippen molar-refractivity contribution in [2.24, 2.45) is 0 Å². The first-order valence-corrected chi connectivity index (χ1v) is 7.93. The maximum Gasteiger partial charge on any atom is 0.0573 e. The normalized spacial score (nSPS) is 16.3. The van der Waals surface area contributed by atoms with Crippen LogP contribution in [0.5, 0.6) is 0 Å². The second kappa shape index (κ2) is 7.05. The van der Waals surface area contributed by atoms with Crippen LogP contribution in [0, 0.1) is 13.8 Å². The molecule has 0 heterocycles. The van der Waals surface area contributed by atoms with Gasteiger partial charge in [0.05, 0.1) is 16.0 Å². The molecular weight excluding hydrogens is 242 g/mol. The Balaban J connectivity index is 2.88. The molecule has 1 N–H and O–H groups in total. The average Bonchev–Trinajstić information content (AvgIpc) is 2.37. The zero-order chi connectivity index (χ0) is 13.7. The molecule has 3 heteroatoms. The second-order valence-electron chi connectivity index (χ2n) is 4.82. The minimum Gasteiger partial charge on any atom is -0.313 e. The van der Waals surface area contributed by atoms with Gasteiger partial charge in [0.2, 0.25) is 0 Å². The van der Waals surface area contributed by atoms with Crippen LogP contribution in [0.25, 0.3) is 0 Å². The van der Waals surface area contributed by atoms with E-state index in [2.05, 4.69) is 52.1 Å². The Morgan fingerprint density at radius 1 is 1.22 bits per heavy atom. The molecule has 0 aromatic heterocycles. The monoisotopic (exact) mass is 267 g/mol. The fourth-order valence-electron chi connectivity index (χ4n) is 2.11. The van der Waals surface area contributed by atoms with E-state index in [0.717, 1.165) is 17.9 Å². The van der Waals surface area contributed by atoms with Gasteiger partial charge < -0.3 is 5.32 Å². The molecule has 2 nitrogen and oxygen atoms in total. The molecule has 1 rings (SSSR count). The fraction of sp³-hybridized carbons (Fsp3) is 0.600. The summed E-state index contributed by atoms with van der Waals surface area (Å²) >= 11 is 0. The summed E-state index contributed by atoms with van der Waals surface area (Å²) < 4.78 is 12.6. The first-order chi connectivity index (χ1) is 8.51. The van der Waals surface area contributed by atoms with Crippen LogP contribution in [0.4, 0.5) is 0 Å². The van der Waals surface area contributed by atoms with Crippen molar-refractivity contribution in [1.29, 1.82) is 0 Å². The van der Waals surface area contributed by atoms with Crippen LogP contribution < -0.4 is 5.32 Å². The largest absolute Gasteiger partial charge is 0.313 e. The number of aryl methyl sites for hydroxylation is 2. The van der Waals surface area contributed by atoms with Crippen molar-refractivity contribution in [3.8, 4) is 0 Å². The lowest BCUT2D eigenvalue weighted by Crippen LogP contribution is -2.40. The third kappa shape index (κ3) is 3.66. The Bertz CT molecular complexity index is 417. The zero-order valence-electron chi connectivity index (χ0n) is 12.1. The summed E-state index contributed by atoms with van der Waals surface area (Å²) in [5, 5.41) is 3.55. The summed E-state index contributed by atoms with van der Waals surface area (Å²) in [6.45, 7) is 11.4. The highest BCUT2D eigenvalue weighted by atomic mass is 32.2. The molecule has 0 radical (unpaired) electrons. The molecule has 3 unspecified atom stereocenters. The van der Waals surface area contributed by atoms with Gasteiger partial charge in [-0.2, -0.15) is 0 Å². The van der Waals surface area contributed by atoms with Gasteiger partial charge in [-0.3, -0.25) is 4.21 Å². The molecule has 18 heavy (non-hydrogen) atoms. The van der Waals surface area contributed by atoms with Crippen LogP contribution in [0.2, 0.25) is 0 Å². The van der Waals surface area contributed by atoms with Gasteiger partial charge in [0.25, 0.3) is 0 Å². The molecule has 102 valence electrons. The summed E-state index contributed by atoms with van der Waals surface area (Å²) in [5.41, 5.74) is 2.46. The van der Waals surface area contributed by atoms with Crippen molar-refractivity contribution in [2.75, 3.05) is 6.54 Å². The zero-order valence-corrected chi connectivity index (χ0v) is 12.9. The summed E-state index contributed by atoms with van der Waals surface area (Å²) in [6.07, 6.45) is 1.01. The Morgan fingerprint density at radius 2 is 1.89 bits per heavy atom. The van der Waals surface area contributed by atoms with E-state index >= 15 is 0 Å². The third-order valence-electron chi connectivity index (χ3n) is 3.52. The number of rotatable bonds is 6. The van der Waals surface area contributed by atoms with E-state index in [1.54, 1.807) is 0 Å². The minimum absolute atomic E-state index is 0.136. The first-order valence-electron chi connectivity index (χ1n) is 6.72. The van der Waals surface area contributed by atoms with Crippen molar-refractivity contribution in [2.45, 2.75) is 57.2 Å². The van der Waals surface area contributed by atoms with E-state index < -0.39 is 10.8 Å². The highest BCUT2D eigenvalue weighted by molar-refractivity contribution is 7.85. The molecule has 0 spiro atoms. The fourth-order valence-corrected chi connectivity index (χ4v) is 3.62. The molecule has 0 aliphatic rings. The van der Waals surface area contributed by atoms with Crippen molar-refractivity contribution in [3.63, 3.8) is 0 Å². The van der Waals surface area contributed by atoms with Crippen LogP contribution >= 0.6 is 0 Å². The van der Waals surface area contributed by atoms with E-state index in [1.165, 1.54) is 11.1 Å². The van der Waals surface area contributed by atoms with Crippen LogP contribution in [0.15, 0.2) is 23.1 Å². The van der Waals surface area contributed by atoms with Gasteiger partial charge in [0.1, 0.15) is 0 Å². The lowest BCUT2D eigenvalue weighted by Gasteiger charge is -2.23. The SMILES string of the molecule is CCNC(CC)C(C)S(=O)c1ccc(C)c(C)c1. The molecular formula is C15H25NOS. The maximum absolute atomic E-state index is 12.6. The van der Waals surface area contributed by atoms with Gasteiger partial charge in [0, 0.05) is 10.9 Å². The van der Waals surface area contributed by atoms with Crippen LogP contribution in [0.1, 0.15) is 38.3 Å². The van der Waals surface area contributed by atoms with Crippen LogP contribution in [0.3, 0.4) is 0 Å². The molecule has 0 fully saturated rings. The van der Waals surface area contributed by atoms with Crippen LogP contribution in [-0.4, -0.2) is 22.0 Å². The topological polar surface area (TPSA) is 29.1 Å². The van der Waals surface area contributed by atoms with Gasteiger partial charge in [-0.15, -0.1) is 0 Å². The first kappa shape index (κ1) is 15.4. The van der Waals surface area contributed by atoms with Crippen molar-refractivity contribution in [3.05, 3.63) is 29.3 Å². The Labute approximate surface area is 114 Å². The van der Waals surface area contributed by atoms with Gasteiger partial charge in [-0.1, -0.05) is 19.9 Å². The molecule has 0 saturated carbocycles. The molecule has 3 atom stereocenters. The van der Waals surface area contributed by atoms with Crippen LogP contribution in [-0.2, 0) is 10.8 Å². The molecule has 1 aromatic carbocycles. The van der Waals surface area contributed by atoms with E-state index in [0.29, 0.717) is 6.04 Å². The van der Waals surface area contributed by atoms with Crippen molar-refractivity contribution >= 4 is 10.8 Å². The van der Waals surface area contributed by atoms with E-state index in [1.807, 2.05) is 6.07 Å². The smallest absolute Gasteiger partial charge is 0.0573 e. The van der Waals surface area contributed by atoms with Gasteiger partial charge in [-0.25, -0.2) is 0 Å². The predicted molar refractivity (Wildman–Crippen MR) is 79.5 cm³/mol. The standard InChI is InChI=1S/C15H25NOS/c1-6-15(16-7-2)13(5)18(17)14-9-8-11(3)12(4)10-14/h8-10,13,15-16H,6-7H2,1-5H3. The highest BCUT2D eigenvalue weighted by Gasteiger charge is 2.21. The third-order valence-corrected chi connectivity index (χ3v) is 5.24. The average molecular weight is 267 g/mol. The summed E-state index contributed by atoms with van der Waals surface area (Å²) in [7, 11) is -0.941. The summed E-state index contributed by atoms with van der Waals surface area (Å²) in [4.78, 5) is 0.946. The Morgan fingerprint density at radius 3 is 2.39 bits per heavy atom. The number of benzene rings is 1. The molecule has 0 aliphatic carbocycles. The molecule has 0 saturated heterocycles. The second-order valence-corrected chi connectivity index (χ2v) is 6.63. The highest BCUT2D eigenvalue weighted by Crippen LogP contribution is 2.18. The van der Waals surface area contributed by atoms with E-state index in [9.17, 15) is 4.21 Å². The Hall–Kier alpha value is -0.670. The van der Waals surface area contributed by atoms with E-state index in [-0.39, 0.29) is 5.25 Å². The Kier molecular flexibility index (Phi) is 6.03. The molecule has 1 aromatic rings. The minimum atomic E-state index is -0.941. The lowest BCUT2D eigenvalue weighted by molar-refractivity contribution is 0.500. The number of hydrogen-bond acceptors (Lipinski definition) is 2. The molecule has 0 amide bonds. The summed E-state index contributed by atoms with van der Waals surface area (Å²) in [6, 6.07) is 6.43. The number of hydrogen-bond donors (Lipinski definition) is 1. The molecule has 0 bridgehead atoms. The summed E-state index contributed by atoms with van der Waals surface area (Å²) in [5.74, 6) is 0. The van der Waals surface area contributed by atoms with Gasteiger partial charge in [0.15, 0.2) is 0 Å². The van der Waals surface area contributed by atoms with E-state index in [4.69, 9.17) is 0 Å². The molecule has 0 aliphatic heterocycles. The van der Waals surface area contributed by atoms with Crippen molar-refractivity contribution < 1.29 is 4.21 Å². The predicted octanol–water partition coefficient (Wildman–Crippen LogP) is 3.19.